The van der Waals surface area contributed by atoms with Crippen LogP contribution in [0, 0.1) is 0 Å². The Hall–Kier alpha value is -0.130. The molecule has 1 N–H and O–H groups in total. The number of hydrogen-bond donors (Lipinski definition) is 1. The molecule has 4 nitrogen and oxygen atoms in total. The Morgan fingerprint density at radius 2 is 1.93 bits per heavy atom. The second-order valence-electron chi connectivity index (χ2n) is 4.61. The molecule has 1 rings (SSSR count). The van der Waals surface area contributed by atoms with Gasteiger partial charge in [0.25, 0.3) is 0 Å². The van der Waals surface area contributed by atoms with Crippen LogP contribution in [0.2, 0.25) is 0 Å². The Morgan fingerprint density at radius 1 is 1.27 bits per heavy atom. The monoisotopic (exact) mass is 234 g/mol. The van der Waals surface area contributed by atoms with Crippen LogP contribution in [0.3, 0.4) is 0 Å². The van der Waals surface area contributed by atoms with E-state index in [1.807, 2.05) is 0 Å². The van der Waals surface area contributed by atoms with Gasteiger partial charge in [-0.2, -0.15) is 0 Å². The highest BCUT2D eigenvalue weighted by Gasteiger charge is 2.22. The molecule has 5 heteroatoms. The van der Waals surface area contributed by atoms with Gasteiger partial charge >= 0.3 is 0 Å². The van der Waals surface area contributed by atoms with Gasteiger partial charge in [-0.05, 0) is 19.3 Å². The van der Waals surface area contributed by atoms with Crippen LogP contribution in [0.1, 0.15) is 33.1 Å². The minimum atomic E-state index is -3.00. The van der Waals surface area contributed by atoms with Crippen LogP contribution in [0.25, 0.3) is 0 Å². The number of rotatable bonds is 3. The van der Waals surface area contributed by atoms with Crippen LogP contribution in [-0.2, 0) is 10.0 Å². The predicted octanol–water partition coefficient (Wildman–Crippen LogP) is 0.798. The molecular formula is C10H22N2O2S. The minimum absolute atomic E-state index is 0.469. The molecular weight excluding hydrogens is 212 g/mol. The summed E-state index contributed by atoms with van der Waals surface area (Å²) in [4.78, 5) is 0. The van der Waals surface area contributed by atoms with Gasteiger partial charge in [0.1, 0.15) is 0 Å². The maximum absolute atomic E-state index is 11.4. The van der Waals surface area contributed by atoms with Gasteiger partial charge in [-0.15, -0.1) is 0 Å². The topological polar surface area (TPSA) is 49.4 Å². The highest BCUT2D eigenvalue weighted by Crippen LogP contribution is 2.13. The molecule has 0 radical (unpaired) electrons. The number of nitrogens with zero attached hydrogens (tertiary/aromatic N) is 1. The number of nitrogens with one attached hydrogen (secondary N) is 1. The smallest absolute Gasteiger partial charge is 0.211 e. The van der Waals surface area contributed by atoms with E-state index >= 15 is 0 Å². The Kier molecular flexibility index (Phi) is 4.55. The minimum Gasteiger partial charge on any atom is -0.312 e. The van der Waals surface area contributed by atoms with E-state index in [0.29, 0.717) is 25.2 Å². The Labute approximate surface area is 93.1 Å². The fraction of sp³-hybridized carbons (Fsp3) is 1.00. The molecule has 0 aromatic carbocycles. The summed E-state index contributed by atoms with van der Waals surface area (Å²) in [7, 11) is -3.00. The summed E-state index contributed by atoms with van der Waals surface area (Å²) in [5.74, 6) is 0. The molecule has 1 aliphatic rings. The molecule has 0 aliphatic carbocycles. The van der Waals surface area contributed by atoms with E-state index in [9.17, 15) is 8.42 Å². The quantitative estimate of drug-likeness (QED) is 0.786. The van der Waals surface area contributed by atoms with E-state index < -0.39 is 10.0 Å². The molecule has 1 aliphatic heterocycles. The maximum Gasteiger partial charge on any atom is 0.211 e. The Morgan fingerprint density at radius 3 is 2.47 bits per heavy atom. The van der Waals surface area contributed by atoms with Crippen molar-refractivity contribution in [1.29, 1.82) is 0 Å². The fourth-order valence-corrected chi connectivity index (χ4v) is 2.94. The van der Waals surface area contributed by atoms with Crippen molar-refractivity contribution in [1.82, 2.24) is 9.62 Å². The third-order valence-electron chi connectivity index (χ3n) is 2.73. The van der Waals surface area contributed by atoms with Crippen molar-refractivity contribution in [3.63, 3.8) is 0 Å². The Balaban J connectivity index is 2.49. The van der Waals surface area contributed by atoms with Crippen molar-refractivity contribution < 1.29 is 8.42 Å². The van der Waals surface area contributed by atoms with E-state index in [0.717, 1.165) is 19.3 Å². The first-order chi connectivity index (χ1) is 6.89. The normalized spacial score (nSPS) is 25.5. The molecule has 1 saturated heterocycles. The zero-order valence-electron chi connectivity index (χ0n) is 9.86. The van der Waals surface area contributed by atoms with Crippen LogP contribution < -0.4 is 5.32 Å². The SMILES string of the molecule is CC(C)NC1CCCN(S(C)(=O)=O)CC1. The van der Waals surface area contributed by atoms with E-state index in [1.54, 1.807) is 4.31 Å². The Bertz CT molecular complexity index is 288. The van der Waals surface area contributed by atoms with Crippen LogP contribution in [-0.4, -0.2) is 44.2 Å². The van der Waals surface area contributed by atoms with Crippen LogP contribution in [0.15, 0.2) is 0 Å². The first kappa shape index (κ1) is 12.9. The molecule has 0 spiro atoms. The second kappa shape index (κ2) is 5.27. The first-order valence-corrected chi connectivity index (χ1v) is 7.45. The molecule has 1 atom stereocenters. The zero-order valence-corrected chi connectivity index (χ0v) is 10.7. The van der Waals surface area contributed by atoms with Gasteiger partial charge in [-0.3, -0.25) is 0 Å². The summed E-state index contributed by atoms with van der Waals surface area (Å²) in [6.45, 7) is 5.58. The van der Waals surface area contributed by atoms with Crippen molar-refractivity contribution in [2.45, 2.75) is 45.2 Å². The standard InChI is InChI=1S/C10H22N2O2S/c1-9(2)11-10-5-4-7-12(8-6-10)15(3,13)14/h9-11H,4-8H2,1-3H3. The van der Waals surface area contributed by atoms with Crippen molar-refractivity contribution in [3.8, 4) is 0 Å². The second-order valence-corrected chi connectivity index (χ2v) is 6.59. The van der Waals surface area contributed by atoms with E-state index in [1.165, 1.54) is 6.26 Å². The van der Waals surface area contributed by atoms with Crippen LogP contribution in [0.5, 0.6) is 0 Å². The van der Waals surface area contributed by atoms with E-state index in [2.05, 4.69) is 19.2 Å². The summed E-state index contributed by atoms with van der Waals surface area (Å²) in [6, 6.07) is 0.941. The summed E-state index contributed by atoms with van der Waals surface area (Å²) in [5.41, 5.74) is 0. The number of hydrogen-bond acceptors (Lipinski definition) is 3. The van der Waals surface area contributed by atoms with Crippen molar-refractivity contribution in [2.24, 2.45) is 0 Å². The third-order valence-corrected chi connectivity index (χ3v) is 4.03. The molecule has 0 saturated carbocycles. The lowest BCUT2D eigenvalue weighted by atomic mass is 10.1. The molecule has 0 aromatic heterocycles. The van der Waals surface area contributed by atoms with Crippen molar-refractivity contribution >= 4 is 10.0 Å². The van der Waals surface area contributed by atoms with Gasteiger partial charge in [0, 0.05) is 25.2 Å². The third kappa shape index (κ3) is 4.49. The molecule has 1 heterocycles. The highest BCUT2D eigenvalue weighted by molar-refractivity contribution is 7.88. The zero-order chi connectivity index (χ0) is 11.5. The highest BCUT2D eigenvalue weighted by atomic mass is 32.2. The number of sulfonamides is 1. The summed E-state index contributed by atoms with van der Waals surface area (Å²) >= 11 is 0. The van der Waals surface area contributed by atoms with Gasteiger partial charge in [0.05, 0.1) is 6.26 Å². The maximum atomic E-state index is 11.4. The van der Waals surface area contributed by atoms with Crippen molar-refractivity contribution in [2.75, 3.05) is 19.3 Å². The van der Waals surface area contributed by atoms with Gasteiger partial charge < -0.3 is 5.32 Å². The molecule has 15 heavy (non-hydrogen) atoms. The van der Waals surface area contributed by atoms with E-state index in [4.69, 9.17) is 0 Å². The molecule has 0 aromatic rings. The molecule has 0 amide bonds. The largest absolute Gasteiger partial charge is 0.312 e. The van der Waals surface area contributed by atoms with Gasteiger partial charge in [-0.1, -0.05) is 13.8 Å². The average Bonchev–Trinajstić information content (AvgIpc) is 2.27. The van der Waals surface area contributed by atoms with Gasteiger partial charge in [0.15, 0.2) is 0 Å². The molecule has 0 bridgehead atoms. The first-order valence-electron chi connectivity index (χ1n) is 5.61. The fourth-order valence-electron chi connectivity index (χ4n) is 2.04. The summed E-state index contributed by atoms with van der Waals surface area (Å²) < 4.78 is 24.3. The summed E-state index contributed by atoms with van der Waals surface area (Å²) in [5, 5.41) is 3.47. The lowest BCUT2D eigenvalue weighted by Crippen LogP contribution is -2.36. The van der Waals surface area contributed by atoms with Crippen LogP contribution in [0.4, 0.5) is 0 Å². The van der Waals surface area contributed by atoms with E-state index in [-0.39, 0.29) is 0 Å². The average molecular weight is 234 g/mol. The molecule has 90 valence electrons. The predicted molar refractivity (Wildman–Crippen MR) is 62.3 cm³/mol. The lowest BCUT2D eigenvalue weighted by Gasteiger charge is -2.19. The lowest BCUT2D eigenvalue weighted by molar-refractivity contribution is 0.404. The summed E-state index contributed by atoms with van der Waals surface area (Å²) in [6.07, 6.45) is 4.25. The molecule has 1 unspecified atom stereocenters. The molecule has 1 fully saturated rings. The van der Waals surface area contributed by atoms with Gasteiger partial charge in [0.2, 0.25) is 10.0 Å². The van der Waals surface area contributed by atoms with Crippen LogP contribution >= 0.6 is 0 Å². The van der Waals surface area contributed by atoms with Crippen molar-refractivity contribution in [3.05, 3.63) is 0 Å². The van der Waals surface area contributed by atoms with Gasteiger partial charge in [-0.25, -0.2) is 12.7 Å².